The molecule has 0 saturated carbocycles. The lowest BCUT2D eigenvalue weighted by molar-refractivity contribution is -0.148. The number of likely N-dealkylation sites (N-methyl/N-ethyl adjacent to an activating group) is 1. The molecule has 4 N–H and O–H groups in total. The molecule has 0 unspecified atom stereocenters. The first-order chi connectivity index (χ1) is 12.1. The summed E-state index contributed by atoms with van der Waals surface area (Å²) in [6.07, 6.45) is 4.50. The summed E-state index contributed by atoms with van der Waals surface area (Å²) in [6.45, 7) is 5.34. The van der Waals surface area contributed by atoms with E-state index in [1.807, 2.05) is 6.08 Å². The predicted molar refractivity (Wildman–Crippen MR) is 98.0 cm³/mol. The van der Waals surface area contributed by atoms with Crippen LogP contribution in [0.25, 0.3) is 0 Å². The normalized spacial score (nSPS) is 25.7. The molecular weight excluding hydrogens is 334 g/mol. The molecule has 0 spiro atoms. The first kappa shape index (κ1) is 20.3. The first-order valence-corrected chi connectivity index (χ1v) is 9.07. The SMILES string of the molecule is CC(C)[C@H](O)C(=O)N[C@@]1(C(=O)[C@H](C)N)C(=O)N(C)CCC2=C1C=CCC2. The van der Waals surface area contributed by atoms with Gasteiger partial charge in [-0.1, -0.05) is 31.6 Å². The number of hydrogen-bond acceptors (Lipinski definition) is 5. The second-order valence-electron chi connectivity index (χ2n) is 7.52. The highest BCUT2D eigenvalue weighted by Gasteiger charge is 2.54. The molecule has 0 bridgehead atoms. The smallest absolute Gasteiger partial charge is 0.260 e. The topological polar surface area (TPSA) is 113 Å². The maximum atomic E-state index is 13.3. The van der Waals surface area contributed by atoms with Crippen molar-refractivity contribution >= 4 is 17.6 Å². The van der Waals surface area contributed by atoms with Gasteiger partial charge in [0.25, 0.3) is 11.8 Å². The van der Waals surface area contributed by atoms with Crippen LogP contribution in [-0.4, -0.2) is 58.9 Å². The number of carbonyl (C=O) groups is 3. The van der Waals surface area contributed by atoms with E-state index in [0.717, 1.165) is 18.4 Å². The van der Waals surface area contributed by atoms with Crippen LogP contribution in [0.15, 0.2) is 23.3 Å². The number of ketones is 1. The van der Waals surface area contributed by atoms with Gasteiger partial charge in [-0.2, -0.15) is 0 Å². The Hall–Kier alpha value is -1.99. The second kappa shape index (κ2) is 7.72. The number of hydrogen-bond donors (Lipinski definition) is 3. The second-order valence-corrected chi connectivity index (χ2v) is 7.52. The zero-order valence-corrected chi connectivity index (χ0v) is 15.9. The molecule has 144 valence electrons. The van der Waals surface area contributed by atoms with E-state index >= 15 is 0 Å². The quantitative estimate of drug-likeness (QED) is 0.608. The summed E-state index contributed by atoms with van der Waals surface area (Å²) in [5.41, 5.74) is 5.45. The number of amides is 2. The van der Waals surface area contributed by atoms with Gasteiger partial charge in [-0.15, -0.1) is 0 Å². The molecule has 2 amide bonds. The third-order valence-electron chi connectivity index (χ3n) is 5.09. The van der Waals surface area contributed by atoms with Crippen LogP contribution in [0.4, 0.5) is 0 Å². The zero-order valence-electron chi connectivity index (χ0n) is 15.9. The molecule has 2 aliphatic rings. The average Bonchev–Trinajstić information content (AvgIpc) is 2.71. The average molecular weight is 363 g/mol. The molecule has 7 heteroatoms. The van der Waals surface area contributed by atoms with Gasteiger partial charge in [0.1, 0.15) is 6.10 Å². The molecule has 1 aliphatic carbocycles. The largest absolute Gasteiger partial charge is 0.383 e. The number of aliphatic hydroxyl groups is 1. The van der Waals surface area contributed by atoms with E-state index in [1.165, 1.54) is 11.8 Å². The van der Waals surface area contributed by atoms with Crippen molar-refractivity contribution in [2.75, 3.05) is 13.6 Å². The van der Waals surface area contributed by atoms with Gasteiger partial charge in [-0.05, 0) is 37.7 Å². The Kier molecular flexibility index (Phi) is 6.03. The van der Waals surface area contributed by atoms with E-state index in [1.54, 1.807) is 27.0 Å². The lowest BCUT2D eigenvalue weighted by Gasteiger charge is -2.37. The minimum absolute atomic E-state index is 0.355. The molecule has 0 aromatic heterocycles. The van der Waals surface area contributed by atoms with Gasteiger partial charge < -0.3 is 21.1 Å². The molecule has 1 heterocycles. The van der Waals surface area contributed by atoms with Crippen molar-refractivity contribution in [2.24, 2.45) is 11.7 Å². The molecule has 0 saturated heterocycles. The monoisotopic (exact) mass is 363 g/mol. The number of rotatable bonds is 5. The summed E-state index contributed by atoms with van der Waals surface area (Å²) < 4.78 is 0. The first-order valence-electron chi connectivity index (χ1n) is 9.07. The zero-order chi connectivity index (χ0) is 19.6. The van der Waals surface area contributed by atoms with Gasteiger partial charge in [0.2, 0.25) is 5.54 Å². The number of nitrogens with two attached hydrogens (primary N) is 1. The van der Waals surface area contributed by atoms with Gasteiger partial charge >= 0.3 is 0 Å². The molecule has 0 aromatic rings. The van der Waals surface area contributed by atoms with Crippen LogP contribution < -0.4 is 11.1 Å². The van der Waals surface area contributed by atoms with Crippen LogP contribution in [0.2, 0.25) is 0 Å². The highest BCUT2D eigenvalue weighted by molar-refractivity contribution is 6.18. The molecule has 1 aliphatic heterocycles. The minimum atomic E-state index is -1.89. The number of aliphatic hydroxyl groups excluding tert-OH is 1. The molecule has 7 nitrogen and oxygen atoms in total. The highest BCUT2D eigenvalue weighted by Crippen LogP contribution is 2.35. The summed E-state index contributed by atoms with van der Waals surface area (Å²) >= 11 is 0. The van der Waals surface area contributed by atoms with Crippen LogP contribution in [0.1, 0.15) is 40.0 Å². The summed E-state index contributed by atoms with van der Waals surface area (Å²) in [5, 5.41) is 12.8. The Bertz CT molecular complexity index is 666. The molecule has 26 heavy (non-hydrogen) atoms. The van der Waals surface area contributed by atoms with Gasteiger partial charge in [0.15, 0.2) is 5.78 Å². The number of carbonyl (C=O) groups excluding carboxylic acids is 3. The summed E-state index contributed by atoms with van der Waals surface area (Å²) in [6, 6.07) is -0.953. The van der Waals surface area contributed by atoms with Crippen LogP contribution in [-0.2, 0) is 14.4 Å². The standard InChI is InChI=1S/C19H29N3O4/c1-11(2)15(23)17(25)21-19(16(24)12(3)20)14-8-6-5-7-13(14)9-10-22(4)18(19)26/h6,8,11-12,15,23H,5,7,9-10,20H2,1-4H3,(H,21,25)/t12-,15-,19-/m0/s1. The predicted octanol–water partition coefficient (Wildman–Crippen LogP) is 0.283. The maximum absolute atomic E-state index is 13.3. The van der Waals surface area contributed by atoms with E-state index < -0.39 is 35.3 Å². The number of Topliss-reactive ketones (excluding diaryl/α,β-unsaturated/α-hetero) is 1. The third kappa shape index (κ3) is 3.46. The van der Waals surface area contributed by atoms with Gasteiger partial charge in [-0.3, -0.25) is 14.4 Å². The fourth-order valence-electron chi connectivity index (χ4n) is 3.49. The van der Waals surface area contributed by atoms with E-state index in [9.17, 15) is 19.5 Å². The van der Waals surface area contributed by atoms with Crippen LogP contribution in [0, 0.1) is 5.92 Å². The molecular formula is C19H29N3O4. The summed E-state index contributed by atoms with van der Waals surface area (Å²) in [7, 11) is 1.61. The van der Waals surface area contributed by atoms with E-state index in [-0.39, 0.29) is 5.92 Å². The van der Waals surface area contributed by atoms with Crippen molar-refractivity contribution in [3.8, 4) is 0 Å². The van der Waals surface area contributed by atoms with E-state index in [0.29, 0.717) is 18.5 Å². The Morgan fingerprint density at radius 1 is 1.31 bits per heavy atom. The van der Waals surface area contributed by atoms with E-state index in [2.05, 4.69) is 5.32 Å². The maximum Gasteiger partial charge on any atom is 0.260 e. The van der Waals surface area contributed by atoms with E-state index in [4.69, 9.17) is 5.73 Å². The lowest BCUT2D eigenvalue weighted by Crippen LogP contribution is -2.68. The summed E-state index contributed by atoms with van der Waals surface area (Å²) in [5.74, 6) is -2.19. The van der Waals surface area contributed by atoms with Crippen molar-refractivity contribution in [3.05, 3.63) is 23.3 Å². The van der Waals surface area contributed by atoms with Crippen LogP contribution >= 0.6 is 0 Å². The molecule has 0 radical (unpaired) electrons. The summed E-state index contributed by atoms with van der Waals surface area (Å²) in [4.78, 5) is 40.6. The van der Waals surface area contributed by atoms with Crippen molar-refractivity contribution in [1.82, 2.24) is 10.2 Å². The number of nitrogens with zero attached hydrogens (tertiary/aromatic N) is 1. The minimum Gasteiger partial charge on any atom is -0.383 e. The molecule has 0 aromatic carbocycles. The van der Waals surface area contributed by atoms with Crippen LogP contribution in [0.3, 0.4) is 0 Å². The van der Waals surface area contributed by atoms with Gasteiger partial charge in [0, 0.05) is 13.6 Å². The lowest BCUT2D eigenvalue weighted by atomic mass is 9.76. The van der Waals surface area contributed by atoms with Crippen molar-refractivity contribution in [2.45, 2.75) is 57.7 Å². The molecule has 3 atom stereocenters. The third-order valence-corrected chi connectivity index (χ3v) is 5.09. The van der Waals surface area contributed by atoms with Crippen molar-refractivity contribution in [1.29, 1.82) is 0 Å². The van der Waals surface area contributed by atoms with Crippen LogP contribution in [0.5, 0.6) is 0 Å². The number of allylic oxidation sites excluding steroid dienone is 1. The Labute approximate surface area is 154 Å². The van der Waals surface area contributed by atoms with Crippen molar-refractivity contribution in [3.63, 3.8) is 0 Å². The fraction of sp³-hybridized carbons (Fsp3) is 0.632. The molecule has 2 rings (SSSR count). The Morgan fingerprint density at radius 3 is 2.54 bits per heavy atom. The van der Waals surface area contributed by atoms with Gasteiger partial charge in [0.05, 0.1) is 6.04 Å². The Balaban J connectivity index is 2.65. The highest BCUT2D eigenvalue weighted by atomic mass is 16.3. The van der Waals surface area contributed by atoms with Gasteiger partial charge in [-0.25, -0.2) is 0 Å². The fourth-order valence-corrected chi connectivity index (χ4v) is 3.49. The Morgan fingerprint density at radius 2 is 1.96 bits per heavy atom. The number of nitrogens with one attached hydrogen (secondary N) is 1. The van der Waals surface area contributed by atoms with Crippen molar-refractivity contribution < 1.29 is 19.5 Å². The molecule has 0 fully saturated rings.